The fourth-order valence-corrected chi connectivity index (χ4v) is 2.43. The summed E-state index contributed by atoms with van der Waals surface area (Å²) in [6.07, 6.45) is 1.47. The number of aryl methyl sites for hydroxylation is 1. The lowest BCUT2D eigenvalue weighted by molar-refractivity contribution is 0.0526. The number of benzene rings is 2. The number of carbonyl (C=O) groups is 1. The lowest BCUT2D eigenvalue weighted by Crippen LogP contribution is -2.11. The molecule has 0 aliphatic heterocycles. The lowest BCUT2D eigenvalue weighted by atomic mass is 10.2. The van der Waals surface area contributed by atoms with Crippen molar-refractivity contribution in [3.8, 4) is 11.4 Å². The van der Waals surface area contributed by atoms with E-state index in [1.807, 2.05) is 43.3 Å². The van der Waals surface area contributed by atoms with Crippen LogP contribution >= 0.6 is 0 Å². The normalized spacial score (nSPS) is 10.4. The topological polar surface area (TPSA) is 90.1 Å². The summed E-state index contributed by atoms with van der Waals surface area (Å²) in [6, 6.07) is 15.1. The van der Waals surface area contributed by atoms with Gasteiger partial charge in [0.25, 0.3) is 0 Å². The van der Waals surface area contributed by atoms with Gasteiger partial charge in [0.15, 0.2) is 5.82 Å². The first-order valence-corrected chi connectivity index (χ1v) is 8.30. The summed E-state index contributed by atoms with van der Waals surface area (Å²) in [4.78, 5) is 21.1. The molecule has 3 aromatic rings. The molecule has 0 atom stereocenters. The molecule has 0 bridgehead atoms. The number of nitrogens with one attached hydrogen (secondary N) is 1. The summed E-state index contributed by atoms with van der Waals surface area (Å²) in [6.45, 7) is 4.04. The smallest absolute Gasteiger partial charge is 0.343 e. The van der Waals surface area contributed by atoms with Gasteiger partial charge in [-0.1, -0.05) is 29.8 Å². The van der Waals surface area contributed by atoms with Crippen LogP contribution in [0.3, 0.4) is 0 Å². The van der Waals surface area contributed by atoms with Crippen molar-refractivity contribution in [2.45, 2.75) is 13.8 Å². The maximum atomic E-state index is 12.2. The maximum Gasteiger partial charge on any atom is 0.343 e. The van der Waals surface area contributed by atoms with E-state index in [1.54, 1.807) is 19.1 Å². The van der Waals surface area contributed by atoms with Crippen LogP contribution in [-0.2, 0) is 4.74 Å². The maximum absolute atomic E-state index is 12.2. The molecule has 0 aliphatic carbocycles. The van der Waals surface area contributed by atoms with Crippen LogP contribution in [0, 0.1) is 6.92 Å². The van der Waals surface area contributed by atoms with Crippen molar-refractivity contribution in [2.75, 3.05) is 17.7 Å². The zero-order valence-corrected chi connectivity index (χ0v) is 14.7. The number of nitrogens with two attached hydrogens (primary N) is 1. The summed E-state index contributed by atoms with van der Waals surface area (Å²) >= 11 is 0. The van der Waals surface area contributed by atoms with Crippen LogP contribution in [0.25, 0.3) is 11.4 Å². The number of ether oxygens (including phenoxy) is 1. The summed E-state index contributed by atoms with van der Waals surface area (Å²) < 4.78 is 5.11. The number of carbonyl (C=O) groups excluding carboxylic acids is 1. The van der Waals surface area contributed by atoms with Gasteiger partial charge in [0.2, 0.25) is 0 Å². The van der Waals surface area contributed by atoms with Crippen LogP contribution in [0.5, 0.6) is 0 Å². The molecule has 1 heterocycles. The Morgan fingerprint density at radius 3 is 2.65 bits per heavy atom. The fraction of sp³-hybridized carbons (Fsp3) is 0.150. The number of nitrogens with zero attached hydrogens (tertiary/aromatic N) is 2. The Balaban J connectivity index is 2.02. The quantitative estimate of drug-likeness (QED) is 0.536. The van der Waals surface area contributed by atoms with Crippen molar-refractivity contribution in [2.24, 2.45) is 0 Å². The molecule has 0 spiro atoms. The number of esters is 1. The molecule has 0 aliphatic rings. The number of aromatic nitrogens is 2. The van der Waals surface area contributed by atoms with Crippen molar-refractivity contribution < 1.29 is 9.53 Å². The number of nitrogen functional groups attached to an aromatic ring is 1. The standard InChI is InChI=1S/C20H20N4O2/c1-3-26-20(25)17-12-22-18(14-5-4-6-15(21)11-14)24-19(17)23-16-9-7-13(2)8-10-16/h4-12H,3,21H2,1-2H3,(H,22,23,24). The molecule has 0 radical (unpaired) electrons. The van der Waals surface area contributed by atoms with E-state index in [9.17, 15) is 4.79 Å². The van der Waals surface area contributed by atoms with Gasteiger partial charge in [-0.3, -0.25) is 0 Å². The van der Waals surface area contributed by atoms with Crippen molar-refractivity contribution in [1.82, 2.24) is 9.97 Å². The highest BCUT2D eigenvalue weighted by Gasteiger charge is 2.17. The molecular weight excluding hydrogens is 328 g/mol. The molecule has 0 saturated carbocycles. The first kappa shape index (κ1) is 17.4. The SMILES string of the molecule is CCOC(=O)c1cnc(-c2cccc(N)c2)nc1Nc1ccc(C)cc1. The summed E-state index contributed by atoms with van der Waals surface area (Å²) in [5.41, 5.74) is 9.47. The van der Waals surface area contributed by atoms with Crippen LogP contribution in [0.15, 0.2) is 54.7 Å². The Morgan fingerprint density at radius 1 is 1.19 bits per heavy atom. The van der Waals surface area contributed by atoms with Gasteiger partial charge in [0, 0.05) is 23.1 Å². The van der Waals surface area contributed by atoms with Crippen LogP contribution in [-0.4, -0.2) is 22.5 Å². The summed E-state index contributed by atoms with van der Waals surface area (Å²) in [5, 5.41) is 3.18. The van der Waals surface area contributed by atoms with Crippen LogP contribution in [0.4, 0.5) is 17.2 Å². The van der Waals surface area contributed by atoms with Gasteiger partial charge in [0.05, 0.1) is 6.61 Å². The highest BCUT2D eigenvalue weighted by atomic mass is 16.5. The molecule has 26 heavy (non-hydrogen) atoms. The first-order valence-electron chi connectivity index (χ1n) is 8.30. The Morgan fingerprint density at radius 2 is 1.96 bits per heavy atom. The highest BCUT2D eigenvalue weighted by Crippen LogP contribution is 2.24. The Hall–Kier alpha value is -3.41. The second-order valence-corrected chi connectivity index (χ2v) is 5.79. The molecule has 0 unspecified atom stereocenters. The zero-order valence-electron chi connectivity index (χ0n) is 14.7. The minimum absolute atomic E-state index is 0.278. The van der Waals surface area contributed by atoms with Crippen molar-refractivity contribution in [3.05, 3.63) is 65.9 Å². The largest absolute Gasteiger partial charge is 0.462 e. The van der Waals surface area contributed by atoms with Gasteiger partial charge < -0.3 is 15.8 Å². The predicted molar refractivity (Wildman–Crippen MR) is 102 cm³/mol. The Kier molecular flexibility index (Phi) is 5.12. The fourth-order valence-electron chi connectivity index (χ4n) is 2.43. The van der Waals surface area contributed by atoms with Gasteiger partial charge in [0.1, 0.15) is 11.4 Å². The van der Waals surface area contributed by atoms with Crippen molar-refractivity contribution in [3.63, 3.8) is 0 Å². The average Bonchev–Trinajstić information content (AvgIpc) is 2.64. The van der Waals surface area contributed by atoms with E-state index in [0.29, 0.717) is 17.3 Å². The van der Waals surface area contributed by atoms with E-state index < -0.39 is 5.97 Å². The molecule has 3 N–H and O–H groups in total. The third-order valence-electron chi connectivity index (χ3n) is 3.74. The van der Waals surface area contributed by atoms with Crippen molar-refractivity contribution in [1.29, 1.82) is 0 Å². The molecule has 6 heteroatoms. The van der Waals surface area contributed by atoms with E-state index in [0.717, 1.165) is 16.8 Å². The van der Waals surface area contributed by atoms with E-state index in [-0.39, 0.29) is 12.2 Å². The Labute approximate surface area is 152 Å². The second kappa shape index (κ2) is 7.65. The molecule has 0 fully saturated rings. The molecule has 2 aromatic carbocycles. The first-order chi connectivity index (χ1) is 12.6. The van der Waals surface area contributed by atoms with E-state index in [1.165, 1.54) is 6.20 Å². The van der Waals surface area contributed by atoms with E-state index >= 15 is 0 Å². The van der Waals surface area contributed by atoms with E-state index in [4.69, 9.17) is 10.5 Å². The Bertz CT molecular complexity index is 923. The average molecular weight is 348 g/mol. The van der Waals surface area contributed by atoms with Gasteiger partial charge >= 0.3 is 5.97 Å². The third kappa shape index (κ3) is 3.97. The molecule has 3 rings (SSSR count). The molecule has 0 amide bonds. The van der Waals surface area contributed by atoms with Crippen LogP contribution in [0.2, 0.25) is 0 Å². The third-order valence-corrected chi connectivity index (χ3v) is 3.74. The van der Waals surface area contributed by atoms with Crippen LogP contribution < -0.4 is 11.1 Å². The predicted octanol–water partition coefficient (Wildman–Crippen LogP) is 3.95. The monoisotopic (exact) mass is 348 g/mol. The minimum atomic E-state index is -0.471. The summed E-state index contributed by atoms with van der Waals surface area (Å²) in [7, 11) is 0. The number of hydrogen-bond donors (Lipinski definition) is 2. The molecule has 6 nitrogen and oxygen atoms in total. The van der Waals surface area contributed by atoms with Gasteiger partial charge in [-0.05, 0) is 38.1 Å². The summed E-state index contributed by atoms with van der Waals surface area (Å²) in [5.74, 6) is 0.390. The molecular formula is C20H20N4O2. The van der Waals surface area contributed by atoms with Crippen LogP contribution in [0.1, 0.15) is 22.8 Å². The van der Waals surface area contributed by atoms with Gasteiger partial charge in [-0.25, -0.2) is 14.8 Å². The number of anilines is 3. The minimum Gasteiger partial charge on any atom is -0.462 e. The van der Waals surface area contributed by atoms with E-state index in [2.05, 4.69) is 15.3 Å². The van der Waals surface area contributed by atoms with Gasteiger partial charge in [-0.15, -0.1) is 0 Å². The zero-order chi connectivity index (χ0) is 18.5. The molecule has 0 saturated heterocycles. The molecule has 1 aromatic heterocycles. The number of rotatable bonds is 5. The lowest BCUT2D eigenvalue weighted by Gasteiger charge is -2.12. The second-order valence-electron chi connectivity index (χ2n) is 5.79. The highest BCUT2D eigenvalue weighted by molar-refractivity contribution is 5.95. The van der Waals surface area contributed by atoms with Crippen molar-refractivity contribution >= 4 is 23.2 Å². The number of hydrogen-bond acceptors (Lipinski definition) is 6. The molecule has 132 valence electrons. The van der Waals surface area contributed by atoms with Gasteiger partial charge in [-0.2, -0.15) is 0 Å².